The molecule has 0 radical (unpaired) electrons. The van der Waals surface area contributed by atoms with Gasteiger partial charge in [-0.15, -0.1) is 0 Å². The number of rotatable bonds is 3. The molecule has 1 N–H and O–H groups in total. The molecule has 1 aliphatic heterocycles. The number of hydrogen-bond acceptors (Lipinski definition) is 5. The van der Waals surface area contributed by atoms with Gasteiger partial charge in [0.1, 0.15) is 11.6 Å². The third-order valence-corrected chi connectivity index (χ3v) is 6.67. The van der Waals surface area contributed by atoms with Crippen LogP contribution in [0.1, 0.15) is 40.3 Å². The Labute approximate surface area is 178 Å². The van der Waals surface area contributed by atoms with Gasteiger partial charge in [-0.25, -0.2) is 4.98 Å². The largest absolute Gasteiger partial charge is 0.497 e. The molecule has 6 nitrogen and oxygen atoms in total. The van der Waals surface area contributed by atoms with E-state index in [4.69, 9.17) is 14.8 Å². The smallest absolute Gasteiger partial charge is 0.226 e. The lowest BCUT2D eigenvalue weighted by molar-refractivity contribution is -0.116. The van der Waals surface area contributed by atoms with Gasteiger partial charge in [-0.2, -0.15) is 9.78 Å². The molecule has 0 fully saturated rings. The van der Waals surface area contributed by atoms with Gasteiger partial charge in [0.25, 0.3) is 0 Å². The minimum absolute atomic E-state index is 0.00247. The van der Waals surface area contributed by atoms with Crippen molar-refractivity contribution in [1.29, 1.82) is 0 Å². The van der Waals surface area contributed by atoms with Crippen LogP contribution in [-0.4, -0.2) is 27.8 Å². The summed E-state index contributed by atoms with van der Waals surface area (Å²) in [6, 6.07) is 12.2. The average molecular weight is 419 g/mol. The molecule has 5 rings (SSSR count). The van der Waals surface area contributed by atoms with E-state index in [-0.39, 0.29) is 11.8 Å². The first-order valence-corrected chi connectivity index (χ1v) is 10.7. The topological polar surface area (TPSA) is 69.0 Å². The van der Waals surface area contributed by atoms with Crippen molar-refractivity contribution >= 4 is 33.3 Å². The number of fused-ring (bicyclic) bond motifs is 2. The summed E-state index contributed by atoms with van der Waals surface area (Å²) in [6.45, 7) is 6.18. The molecule has 1 amide bonds. The second-order valence-corrected chi connectivity index (χ2v) is 8.76. The van der Waals surface area contributed by atoms with Crippen molar-refractivity contribution in [1.82, 2.24) is 14.8 Å². The van der Waals surface area contributed by atoms with E-state index in [9.17, 15) is 4.79 Å². The van der Waals surface area contributed by atoms with E-state index in [1.54, 1.807) is 11.8 Å². The fraction of sp³-hybridized carbons (Fsp3) is 0.261. The van der Waals surface area contributed by atoms with Crippen LogP contribution in [0.3, 0.4) is 0 Å². The Morgan fingerprint density at radius 3 is 2.80 bits per heavy atom. The van der Waals surface area contributed by atoms with Crippen molar-refractivity contribution in [3.8, 4) is 10.9 Å². The molecule has 3 heterocycles. The van der Waals surface area contributed by atoms with Crippen LogP contribution < -0.4 is 10.1 Å². The van der Waals surface area contributed by atoms with Gasteiger partial charge >= 0.3 is 0 Å². The maximum atomic E-state index is 12.7. The summed E-state index contributed by atoms with van der Waals surface area (Å²) in [5, 5.41) is 8.56. The van der Waals surface area contributed by atoms with Gasteiger partial charge in [0.15, 0.2) is 0 Å². The first-order chi connectivity index (χ1) is 14.4. The minimum atomic E-state index is -0.0168. The summed E-state index contributed by atoms with van der Waals surface area (Å²) < 4.78 is 8.12. The van der Waals surface area contributed by atoms with Crippen LogP contribution >= 0.6 is 11.3 Å². The highest BCUT2D eigenvalue weighted by Crippen LogP contribution is 2.42. The van der Waals surface area contributed by atoms with Crippen molar-refractivity contribution in [2.24, 2.45) is 0 Å². The number of ether oxygens (including phenoxy) is 1. The Balaban J connectivity index is 1.67. The number of benzene rings is 2. The molecule has 2 aromatic carbocycles. The lowest BCUT2D eigenvalue weighted by Gasteiger charge is -2.25. The lowest BCUT2D eigenvalue weighted by atomic mass is 9.83. The number of thiazole rings is 1. The summed E-state index contributed by atoms with van der Waals surface area (Å²) in [7, 11) is 1.65. The predicted octanol–water partition coefficient (Wildman–Crippen LogP) is 4.89. The molecule has 7 heteroatoms. The minimum Gasteiger partial charge on any atom is -0.497 e. The monoisotopic (exact) mass is 418 g/mol. The zero-order chi connectivity index (χ0) is 21.0. The summed E-state index contributed by atoms with van der Waals surface area (Å²) in [5.74, 6) is 1.49. The SMILES string of the molecule is COc1ccc2nc(-n3nc(C)c4c3NC(=O)CC4c3cc(C)ccc3C)sc2c1. The van der Waals surface area contributed by atoms with Crippen LogP contribution in [0.4, 0.5) is 5.82 Å². The van der Waals surface area contributed by atoms with E-state index in [1.165, 1.54) is 28.0 Å². The maximum Gasteiger partial charge on any atom is 0.226 e. The van der Waals surface area contributed by atoms with Gasteiger partial charge < -0.3 is 10.1 Å². The number of amides is 1. The van der Waals surface area contributed by atoms with Gasteiger partial charge in [0.2, 0.25) is 11.0 Å². The second kappa shape index (κ2) is 6.95. The fourth-order valence-electron chi connectivity index (χ4n) is 4.20. The van der Waals surface area contributed by atoms with E-state index in [1.807, 2.05) is 25.1 Å². The first kappa shape index (κ1) is 18.8. The van der Waals surface area contributed by atoms with Crippen LogP contribution in [0.5, 0.6) is 5.75 Å². The summed E-state index contributed by atoms with van der Waals surface area (Å²) in [4.78, 5) is 17.4. The van der Waals surface area contributed by atoms with Crippen molar-refractivity contribution in [2.75, 3.05) is 12.4 Å². The molecule has 0 spiro atoms. The molecule has 1 unspecified atom stereocenters. The number of methoxy groups -OCH3 is 1. The molecule has 2 aromatic heterocycles. The zero-order valence-corrected chi connectivity index (χ0v) is 18.1. The fourth-order valence-corrected chi connectivity index (χ4v) is 5.15. The Morgan fingerprint density at radius 1 is 1.17 bits per heavy atom. The third-order valence-electron chi connectivity index (χ3n) is 5.68. The van der Waals surface area contributed by atoms with E-state index in [2.05, 4.69) is 37.4 Å². The van der Waals surface area contributed by atoms with Crippen LogP contribution in [0.15, 0.2) is 36.4 Å². The molecule has 1 atom stereocenters. The lowest BCUT2D eigenvalue weighted by Crippen LogP contribution is -2.25. The van der Waals surface area contributed by atoms with Crippen LogP contribution in [0, 0.1) is 20.8 Å². The summed E-state index contributed by atoms with van der Waals surface area (Å²) >= 11 is 1.53. The Bertz CT molecular complexity index is 1300. The normalized spacial score (nSPS) is 15.9. The number of aromatic nitrogens is 3. The van der Waals surface area contributed by atoms with Crippen LogP contribution in [-0.2, 0) is 4.79 Å². The summed E-state index contributed by atoms with van der Waals surface area (Å²) in [6.07, 6.45) is 0.418. The standard InChI is InChI=1S/C23H22N4O2S/c1-12-5-6-13(2)16(9-12)17-11-20(28)25-22-21(17)14(3)26-27(22)23-24-18-8-7-15(29-4)10-19(18)30-23/h5-10,17H,11H2,1-4H3,(H,25,28). The number of aryl methyl sites for hydroxylation is 3. The first-order valence-electron chi connectivity index (χ1n) is 9.86. The number of hydrogen-bond donors (Lipinski definition) is 1. The number of carbonyl (C=O) groups excluding carboxylic acids is 1. The highest BCUT2D eigenvalue weighted by molar-refractivity contribution is 7.20. The van der Waals surface area contributed by atoms with Crippen LogP contribution in [0.25, 0.3) is 15.3 Å². The predicted molar refractivity (Wildman–Crippen MR) is 119 cm³/mol. The molecule has 30 heavy (non-hydrogen) atoms. The maximum absolute atomic E-state index is 12.7. The highest BCUT2D eigenvalue weighted by atomic mass is 32.1. The zero-order valence-electron chi connectivity index (χ0n) is 17.3. The molecule has 0 bridgehead atoms. The van der Waals surface area contributed by atoms with Gasteiger partial charge in [-0.05, 0) is 50.1 Å². The molecule has 0 aliphatic carbocycles. The van der Waals surface area contributed by atoms with Gasteiger partial charge in [-0.3, -0.25) is 4.79 Å². The Kier molecular flexibility index (Phi) is 4.36. The molecule has 152 valence electrons. The molecule has 4 aromatic rings. The third kappa shape index (κ3) is 2.97. The van der Waals surface area contributed by atoms with Gasteiger partial charge in [0, 0.05) is 17.9 Å². The number of nitrogens with one attached hydrogen (secondary N) is 1. The molecular formula is C23H22N4O2S. The second-order valence-electron chi connectivity index (χ2n) is 7.75. The molecule has 0 saturated carbocycles. The van der Waals surface area contributed by atoms with E-state index in [0.717, 1.165) is 38.2 Å². The molecular weight excluding hydrogens is 396 g/mol. The number of anilines is 1. The van der Waals surface area contributed by atoms with Crippen molar-refractivity contribution in [2.45, 2.75) is 33.1 Å². The average Bonchev–Trinajstić information content (AvgIpc) is 3.29. The van der Waals surface area contributed by atoms with Crippen molar-refractivity contribution < 1.29 is 9.53 Å². The Morgan fingerprint density at radius 2 is 2.00 bits per heavy atom. The van der Waals surface area contributed by atoms with Gasteiger partial charge in [-0.1, -0.05) is 35.1 Å². The van der Waals surface area contributed by atoms with Crippen molar-refractivity contribution in [3.05, 3.63) is 64.3 Å². The molecule has 1 aliphatic rings. The van der Waals surface area contributed by atoms with Crippen molar-refractivity contribution in [3.63, 3.8) is 0 Å². The number of nitrogens with zero attached hydrogens (tertiary/aromatic N) is 3. The highest BCUT2D eigenvalue weighted by Gasteiger charge is 2.34. The number of carbonyl (C=O) groups is 1. The quantitative estimate of drug-likeness (QED) is 0.514. The van der Waals surface area contributed by atoms with E-state index in [0.29, 0.717) is 6.42 Å². The molecule has 0 saturated heterocycles. The van der Waals surface area contributed by atoms with Gasteiger partial charge in [0.05, 0.1) is 23.0 Å². The van der Waals surface area contributed by atoms with E-state index < -0.39 is 0 Å². The summed E-state index contributed by atoms with van der Waals surface area (Å²) in [5.41, 5.74) is 6.42. The van der Waals surface area contributed by atoms with Crippen LogP contribution in [0.2, 0.25) is 0 Å². The Hall–Kier alpha value is -3.19. The van der Waals surface area contributed by atoms with E-state index >= 15 is 0 Å².